The maximum Gasteiger partial charge on any atom is 0.156 e. The number of fused-ring (bicyclic) bond motifs is 4. The highest BCUT2D eigenvalue weighted by molar-refractivity contribution is 7.98. The molecule has 0 N–H and O–H groups in total. The fraction of sp³-hybridized carbons (Fsp3) is 0.364. The average molecular weight is 527 g/mol. The molecule has 190 valence electrons. The number of ether oxygens (including phenoxy) is 1. The summed E-state index contributed by atoms with van der Waals surface area (Å²) in [5.41, 5.74) is 7.48. The maximum absolute atomic E-state index is 12.3. The van der Waals surface area contributed by atoms with Gasteiger partial charge >= 0.3 is 0 Å². The third-order valence-corrected chi connectivity index (χ3v) is 9.42. The Hall–Kier alpha value is -2.45. The second-order valence-corrected chi connectivity index (χ2v) is 11.6. The predicted molar refractivity (Wildman–Crippen MR) is 157 cm³/mol. The molecule has 4 heteroatoms. The Balaban J connectivity index is 0.00000280. The fourth-order valence-electron chi connectivity index (χ4n) is 6.76. The summed E-state index contributed by atoms with van der Waals surface area (Å²) in [4.78, 5) is 13.5. The molecule has 0 aromatic heterocycles. The van der Waals surface area contributed by atoms with E-state index in [4.69, 9.17) is 4.74 Å². The van der Waals surface area contributed by atoms with E-state index < -0.39 is 0 Å². The SMILES string of the molecule is CSc1ccc([C@H]2OC[C@]3(C)C(C#Cc4ccccc4)=CCC3C3CCC4=CC(=O)CCC4=C32)cc1.S. The zero-order chi connectivity index (χ0) is 24.7. The number of hydrogen-bond acceptors (Lipinski definition) is 3. The van der Waals surface area contributed by atoms with Crippen molar-refractivity contribution in [3.8, 4) is 11.8 Å². The van der Waals surface area contributed by atoms with Crippen LogP contribution in [0.3, 0.4) is 0 Å². The van der Waals surface area contributed by atoms with Crippen LogP contribution in [0.25, 0.3) is 0 Å². The molecule has 1 aliphatic heterocycles. The molecule has 2 aromatic rings. The standard InChI is InChI=1S/C33H32O2S.H2S/c1-33-21-35-32(23-9-15-27(36-2)16-10-23)31-28-18-14-26(34)20-24(28)11-17-29(31)30(33)19-13-25(33)12-8-22-6-4-3-5-7-22;/h3-7,9-10,13,15-16,20,29-30,32H,11,14,17-19,21H2,1-2H3;1H2/t29?,30?,32-,33-;/m1./s1. The lowest BCUT2D eigenvalue weighted by Crippen LogP contribution is -2.34. The second-order valence-electron chi connectivity index (χ2n) is 10.7. The van der Waals surface area contributed by atoms with Crippen molar-refractivity contribution in [2.75, 3.05) is 12.9 Å². The largest absolute Gasteiger partial charge is 0.368 e. The van der Waals surface area contributed by atoms with Crippen molar-refractivity contribution in [3.63, 3.8) is 0 Å². The first kappa shape index (κ1) is 26.2. The topological polar surface area (TPSA) is 26.3 Å². The summed E-state index contributed by atoms with van der Waals surface area (Å²) in [5, 5.41) is 0. The molecule has 1 heterocycles. The van der Waals surface area contributed by atoms with Crippen LogP contribution in [-0.4, -0.2) is 18.6 Å². The van der Waals surface area contributed by atoms with Gasteiger partial charge in [-0.25, -0.2) is 0 Å². The van der Waals surface area contributed by atoms with Gasteiger partial charge in [0.2, 0.25) is 0 Å². The van der Waals surface area contributed by atoms with Crippen LogP contribution in [0.4, 0.5) is 0 Å². The van der Waals surface area contributed by atoms with Crippen LogP contribution < -0.4 is 0 Å². The van der Waals surface area contributed by atoms with E-state index in [1.165, 1.54) is 32.8 Å². The molecule has 0 bridgehead atoms. The maximum atomic E-state index is 12.3. The van der Waals surface area contributed by atoms with Gasteiger partial charge in [-0.2, -0.15) is 13.5 Å². The number of ketones is 1. The smallest absolute Gasteiger partial charge is 0.156 e. The number of thioether (sulfide) groups is 1. The first-order chi connectivity index (χ1) is 17.6. The normalized spacial score (nSPS) is 28.4. The van der Waals surface area contributed by atoms with E-state index in [0.717, 1.165) is 31.2 Å². The van der Waals surface area contributed by atoms with Gasteiger partial charge in [-0.1, -0.05) is 55.2 Å². The van der Waals surface area contributed by atoms with Crippen LogP contribution in [0.5, 0.6) is 0 Å². The Morgan fingerprint density at radius 2 is 1.78 bits per heavy atom. The van der Waals surface area contributed by atoms with E-state index >= 15 is 0 Å². The zero-order valence-corrected chi connectivity index (χ0v) is 23.4. The zero-order valence-electron chi connectivity index (χ0n) is 21.6. The Bertz CT molecular complexity index is 1340. The monoisotopic (exact) mass is 526 g/mol. The molecule has 6 rings (SSSR count). The summed E-state index contributed by atoms with van der Waals surface area (Å²) in [5.74, 6) is 8.14. The molecule has 37 heavy (non-hydrogen) atoms. The third kappa shape index (κ3) is 4.78. The lowest BCUT2D eigenvalue weighted by molar-refractivity contribution is -0.114. The molecule has 1 fully saturated rings. The number of rotatable bonds is 2. The van der Waals surface area contributed by atoms with E-state index in [0.29, 0.717) is 24.9 Å². The Labute approximate surface area is 232 Å². The van der Waals surface area contributed by atoms with Crippen LogP contribution >= 0.6 is 25.3 Å². The van der Waals surface area contributed by atoms with Crippen LogP contribution in [0, 0.1) is 29.1 Å². The number of carbonyl (C=O) groups is 1. The van der Waals surface area contributed by atoms with Crippen molar-refractivity contribution >= 4 is 31.0 Å². The number of allylic oxidation sites excluding steroid dienone is 4. The minimum Gasteiger partial charge on any atom is -0.368 e. The molecule has 2 unspecified atom stereocenters. The van der Waals surface area contributed by atoms with Gasteiger partial charge in [0.05, 0.1) is 6.61 Å². The van der Waals surface area contributed by atoms with Crippen molar-refractivity contribution in [1.29, 1.82) is 0 Å². The van der Waals surface area contributed by atoms with E-state index in [1.54, 1.807) is 11.8 Å². The summed E-state index contributed by atoms with van der Waals surface area (Å²) in [6.07, 6.45) is 10.9. The van der Waals surface area contributed by atoms with Gasteiger partial charge in [0.25, 0.3) is 0 Å². The average Bonchev–Trinajstić information content (AvgIpc) is 3.17. The second kappa shape index (κ2) is 10.7. The third-order valence-electron chi connectivity index (χ3n) is 8.68. The lowest BCUT2D eigenvalue weighted by Gasteiger charge is -2.40. The Morgan fingerprint density at radius 1 is 1.00 bits per heavy atom. The van der Waals surface area contributed by atoms with Crippen molar-refractivity contribution in [3.05, 3.63) is 100 Å². The van der Waals surface area contributed by atoms with E-state index in [-0.39, 0.29) is 30.8 Å². The number of benzene rings is 2. The van der Waals surface area contributed by atoms with Gasteiger partial charge in [0, 0.05) is 27.9 Å². The van der Waals surface area contributed by atoms with E-state index in [2.05, 4.69) is 67.5 Å². The molecule has 0 spiro atoms. The molecule has 0 saturated carbocycles. The molecule has 2 nitrogen and oxygen atoms in total. The highest BCUT2D eigenvalue weighted by atomic mass is 32.2. The van der Waals surface area contributed by atoms with Gasteiger partial charge in [-0.05, 0) is 96.4 Å². The first-order valence-electron chi connectivity index (χ1n) is 13.1. The van der Waals surface area contributed by atoms with Crippen molar-refractivity contribution in [2.24, 2.45) is 17.3 Å². The summed E-state index contributed by atoms with van der Waals surface area (Å²) in [6, 6.07) is 19.1. The molecule has 3 aliphatic carbocycles. The van der Waals surface area contributed by atoms with Gasteiger partial charge in [0.1, 0.15) is 6.10 Å². The van der Waals surface area contributed by atoms with Gasteiger partial charge in [0.15, 0.2) is 5.78 Å². The van der Waals surface area contributed by atoms with E-state index in [9.17, 15) is 4.79 Å². The Kier molecular flexibility index (Phi) is 7.59. The van der Waals surface area contributed by atoms with Crippen molar-refractivity contribution in [2.45, 2.75) is 50.0 Å². The Morgan fingerprint density at radius 3 is 2.54 bits per heavy atom. The van der Waals surface area contributed by atoms with Gasteiger partial charge in [-0.3, -0.25) is 4.79 Å². The number of carbonyl (C=O) groups excluding carboxylic acids is 1. The lowest BCUT2D eigenvalue weighted by atomic mass is 9.62. The highest BCUT2D eigenvalue weighted by Gasteiger charge is 2.51. The van der Waals surface area contributed by atoms with Crippen LogP contribution in [0.1, 0.15) is 56.3 Å². The molecule has 4 aliphatic rings. The number of hydrogen-bond donors (Lipinski definition) is 0. The summed E-state index contributed by atoms with van der Waals surface area (Å²) >= 11 is 1.76. The van der Waals surface area contributed by atoms with Gasteiger partial charge < -0.3 is 4.74 Å². The van der Waals surface area contributed by atoms with Crippen LogP contribution in [0.15, 0.2) is 93.9 Å². The molecule has 2 aromatic carbocycles. The van der Waals surface area contributed by atoms with E-state index in [1.807, 2.05) is 24.3 Å². The quantitative estimate of drug-likeness (QED) is 0.298. The predicted octanol–water partition coefficient (Wildman–Crippen LogP) is 7.59. The highest BCUT2D eigenvalue weighted by Crippen LogP contribution is 2.58. The molecule has 0 radical (unpaired) electrons. The van der Waals surface area contributed by atoms with Crippen molar-refractivity contribution in [1.82, 2.24) is 0 Å². The molecule has 4 atom stereocenters. The minimum atomic E-state index is -0.113. The first-order valence-corrected chi connectivity index (χ1v) is 14.3. The van der Waals surface area contributed by atoms with Crippen LogP contribution in [0.2, 0.25) is 0 Å². The molecule has 1 saturated heterocycles. The summed E-state index contributed by atoms with van der Waals surface area (Å²) in [7, 11) is 0. The summed E-state index contributed by atoms with van der Waals surface area (Å²) < 4.78 is 6.92. The summed E-state index contributed by atoms with van der Waals surface area (Å²) in [6.45, 7) is 3.03. The van der Waals surface area contributed by atoms with Crippen molar-refractivity contribution < 1.29 is 9.53 Å². The molecule has 0 amide bonds. The minimum absolute atomic E-state index is 0. The fourth-order valence-corrected chi connectivity index (χ4v) is 7.17. The molecular formula is C33H34O2S2. The van der Waals surface area contributed by atoms with Gasteiger partial charge in [-0.15, -0.1) is 11.8 Å². The van der Waals surface area contributed by atoms with Crippen LogP contribution in [-0.2, 0) is 9.53 Å². The molecular weight excluding hydrogens is 492 g/mol.